The minimum atomic E-state index is -0.555. The van der Waals surface area contributed by atoms with Crippen LogP contribution in [-0.4, -0.2) is 32.3 Å². The van der Waals surface area contributed by atoms with Gasteiger partial charge in [-0.25, -0.2) is 4.79 Å². The normalized spacial score (nSPS) is 10.0. The summed E-state index contributed by atoms with van der Waals surface area (Å²) in [5, 5.41) is 5.35. The fraction of sp³-hybridized carbons (Fsp3) is 0.300. The molecule has 0 aromatic heterocycles. The van der Waals surface area contributed by atoms with Gasteiger partial charge in [0.05, 0.1) is 20.3 Å². The summed E-state index contributed by atoms with van der Waals surface area (Å²) in [6, 6.07) is 11.8. The monoisotopic (exact) mass is 372 g/mol. The van der Waals surface area contributed by atoms with Gasteiger partial charge in [0.15, 0.2) is 11.5 Å². The lowest BCUT2D eigenvalue weighted by molar-refractivity contribution is 0.102. The summed E-state index contributed by atoms with van der Waals surface area (Å²) >= 11 is 0. The molecule has 0 radical (unpaired) electrons. The molecule has 0 spiro atoms. The number of hydrogen-bond acceptors (Lipinski definition) is 5. The fourth-order valence-corrected chi connectivity index (χ4v) is 2.26. The molecular formula is C20H24N2O5. The van der Waals surface area contributed by atoms with Gasteiger partial charge >= 0.3 is 6.09 Å². The molecular weight excluding hydrogens is 348 g/mol. The largest absolute Gasteiger partial charge is 0.490 e. The summed E-state index contributed by atoms with van der Waals surface area (Å²) in [5.74, 6) is 0.886. The smallest absolute Gasteiger partial charge is 0.411 e. The maximum atomic E-state index is 12.5. The quantitative estimate of drug-likeness (QED) is 0.721. The number of rotatable bonds is 8. The van der Waals surface area contributed by atoms with Crippen LogP contribution in [-0.2, 0) is 4.74 Å². The molecule has 2 aromatic rings. The van der Waals surface area contributed by atoms with E-state index in [2.05, 4.69) is 15.4 Å². The van der Waals surface area contributed by atoms with Gasteiger partial charge in [0.2, 0.25) is 0 Å². The topological polar surface area (TPSA) is 85.9 Å². The van der Waals surface area contributed by atoms with Crippen LogP contribution in [0.15, 0.2) is 42.5 Å². The molecule has 2 N–H and O–H groups in total. The SMILES string of the molecule is CCCOc1ccc(C(=O)Nc2ccc(NC(=O)OC)cc2)cc1OCC. The third-order valence-corrected chi connectivity index (χ3v) is 3.54. The molecule has 0 aliphatic rings. The molecule has 2 rings (SSSR count). The lowest BCUT2D eigenvalue weighted by Crippen LogP contribution is -2.13. The van der Waals surface area contributed by atoms with Gasteiger partial charge in [-0.2, -0.15) is 0 Å². The van der Waals surface area contributed by atoms with Crippen LogP contribution >= 0.6 is 0 Å². The first-order valence-electron chi connectivity index (χ1n) is 8.73. The van der Waals surface area contributed by atoms with Crippen molar-refractivity contribution in [3.8, 4) is 11.5 Å². The Labute approximate surface area is 158 Å². The summed E-state index contributed by atoms with van der Waals surface area (Å²) < 4.78 is 15.8. The first kappa shape index (κ1) is 20.1. The van der Waals surface area contributed by atoms with E-state index in [0.29, 0.717) is 41.7 Å². The van der Waals surface area contributed by atoms with E-state index in [4.69, 9.17) is 9.47 Å². The van der Waals surface area contributed by atoms with Crippen LogP contribution in [0.25, 0.3) is 0 Å². The first-order valence-corrected chi connectivity index (χ1v) is 8.73. The molecule has 7 heteroatoms. The van der Waals surface area contributed by atoms with Crippen molar-refractivity contribution >= 4 is 23.4 Å². The number of methoxy groups -OCH3 is 1. The third-order valence-electron chi connectivity index (χ3n) is 3.54. The zero-order chi connectivity index (χ0) is 19.6. The van der Waals surface area contributed by atoms with Crippen molar-refractivity contribution in [3.63, 3.8) is 0 Å². The number of carbonyl (C=O) groups is 2. The van der Waals surface area contributed by atoms with E-state index in [1.165, 1.54) is 7.11 Å². The van der Waals surface area contributed by atoms with Crippen molar-refractivity contribution < 1.29 is 23.8 Å². The van der Waals surface area contributed by atoms with Crippen molar-refractivity contribution in [1.82, 2.24) is 0 Å². The van der Waals surface area contributed by atoms with Crippen LogP contribution in [0.2, 0.25) is 0 Å². The summed E-state index contributed by atoms with van der Waals surface area (Å²) in [7, 11) is 1.29. The van der Waals surface area contributed by atoms with Crippen LogP contribution in [0.4, 0.5) is 16.2 Å². The molecule has 0 fully saturated rings. The maximum absolute atomic E-state index is 12.5. The highest BCUT2D eigenvalue weighted by molar-refractivity contribution is 6.04. The average molecular weight is 372 g/mol. The number of hydrogen-bond donors (Lipinski definition) is 2. The zero-order valence-corrected chi connectivity index (χ0v) is 15.7. The molecule has 7 nitrogen and oxygen atoms in total. The molecule has 2 aromatic carbocycles. The Bertz CT molecular complexity index is 774. The van der Waals surface area contributed by atoms with E-state index in [1.54, 1.807) is 42.5 Å². The van der Waals surface area contributed by atoms with E-state index in [-0.39, 0.29) is 5.91 Å². The first-order chi connectivity index (χ1) is 13.1. The van der Waals surface area contributed by atoms with Gasteiger partial charge in [-0.15, -0.1) is 0 Å². The second-order valence-electron chi connectivity index (χ2n) is 5.59. The molecule has 0 bridgehead atoms. The second kappa shape index (κ2) is 10.1. The molecule has 2 amide bonds. The predicted molar refractivity (Wildman–Crippen MR) is 104 cm³/mol. The number of ether oxygens (including phenoxy) is 3. The number of anilines is 2. The molecule has 0 saturated carbocycles. The van der Waals surface area contributed by atoms with Gasteiger partial charge in [0.1, 0.15) is 0 Å². The Morgan fingerprint density at radius 3 is 2.15 bits per heavy atom. The lowest BCUT2D eigenvalue weighted by atomic mass is 10.1. The van der Waals surface area contributed by atoms with Gasteiger partial charge in [-0.3, -0.25) is 10.1 Å². The van der Waals surface area contributed by atoms with Gasteiger partial charge in [-0.05, 0) is 55.8 Å². The van der Waals surface area contributed by atoms with Gasteiger partial charge in [0, 0.05) is 16.9 Å². The Morgan fingerprint density at radius 2 is 1.56 bits per heavy atom. The number of amides is 2. The third kappa shape index (κ3) is 5.91. The van der Waals surface area contributed by atoms with Crippen molar-refractivity contribution in [1.29, 1.82) is 0 Å². The predicted octanol–water partition coefficient (Wildman–Crippen LogP) is 4.30. The lowest BCUT2D eigenvalue weighted by Gasteiger charge is -2.13. The van der Waals surface area contributed by atoms with E-state index in [9.17, 15) is 9.59 Å². The van der Waals surface area contributed by atoms with E-state index in [0.717, 1.165) is 6.42 Å². The summed E-state index contributed by atoms with van der Waals surface area (Å²) in [4.78, 5) is 23.7. The summed E-state index contributed by atoms with van der Waals surface area (Å²) in [6.45, 7) is 4.95. The van der Waals surface area contributed by atoms with Crippen LogP contribution in [0.3, 0.4) is 0 Å². The standard InChI is InChI=1S/C20H24N2O5/c1-4-12-27-17-11-6-14(13-18(17)26-5-2)19(23)21-15-7-9-16(10-8-15)22-20(24)25-3/h6-11,13H,4-5,12H2,1-3H3,(H,21,23)(H,22,24). The Morgan fingerprint density at radius 1 is 0.889 bits per heavy atom. The molecule has 0 saturated heterocycles. The number of nitrogens with one attached hydrogen (secondary N) is 2. The van der Waals surface area contributed by atoms with Crippen molar-refractivity contribution in [2.24, 2.45) is 0 Å². The van der Waals surface area contributed by atoms with Gasteiger partial charge in [0.25, 0.3) is 5.91 Å². The van der Waals surface area contributed by atoms with E-state index >= 15 is 0 Å². The molecule has 144 valence electrons. The molecule has 0 aliphatic heterocycles. The Balaban J connectivity index is 2.08. The number of benzene rings is 2. The minimum absolute atomic E-state index is 0.272. The molecule has 0 heterocycles. The van der Waals surface area contributed by atoms with Crippen molar-refractivity contribution in [3.05, 3.63) is 48.0 Å². The second-order valence-corrected chi connectivity index (χ2v) is 5.59. The molecule has 0 unspecified atom stereocenters. The van der Waals surface area contributed by atoms with Crippen LogP contribution in [0.1, 0.15) is 30.6 Å². The van der Waals surface area contributed by atoms with Crippen molar-refractivity contribution in [2.75, 3.05) is 31.0 Å². The highest BCUT2D eigenvalue weighted by Crippen LogP contribution is 2.29. The van der Waals surface area contributed by atoms with Gasteiger partial charge in [-0.1, -0.05) is 6.92 Å². The Hall–Kier alpha value is -3.22. The zero-order valence-electron chi connectivity index (χ0n) is 15.7. The molecule has 27 heavy (non-hydrogen) atoms. The summed E-state index contributed by atoms with van der Waals surface area (Å²) in [6.07, 6.45) is 0.329. The highest BCUT2D eigenvalue weighted by Gasteiger charge is 2.12. The fourth-order valence-electron chi connectivity index (χ4n) is 2.26. The van der Waals surface area contributed by atoms with Gasteiger partial charge < -0.3 is 19.5 Å². The number of carbonyl (C=O) groups excluding carboxylic acids is 2. The van der Waals surface area contributed by atoms with E-state index < -0.39 is 6.09 Å². The maximum Gasteiger partial charge on any atom is 0.411 e. The van der Waals surface area contributed by atoms with Crippen LogP contribution < -0.4 is 20.1 Å². The average Bonchev–Trinajstić information content (AvgIpc) is 2.68. The van der Waals surface area contributed by atoms with Crippen molar-refractivity contribution in [2.45, 2.75) is 20.3 Å². The van der Waals surface area contributed by atoms with E-state index in [1.807, 2.05) is 13.8 Å². The summed E-state index contributed by atoms with van der Waals surface area (Å²) in [5.41, 5.74) is 1.62. The molecule has 0 aliphatic carbocycles. The minimum Gasteiger partial charge on any atom is -0.490 e. The van der Waals surface area contributed by atoms with Crippen LogP contribution in [0, 0.1) is 0 Å². The Kier molecular flexibility index (Phi) is 7.49. The van der Waals surface area contributed by atoms with Crippen LogP contribution in [0.5, 0.6) is 11.5 Å². The molecule has 0 atom stereocenters. The highest BCUT2D eigenvalue weighted by atomic mass is 16.5.